The normalized spacial score (nSPS) is 10.7. The van der Waals surface area contributed by atoms with E-state index in [1.54, 1.807) is 0 Å². The Morgan fingerprint density at radius 3 is 2.33 bits per heavy atom. The molecule has 0 aliphatic rings. The van der Waals surface area contributed by atoms with E-state index in [1.165, 1.54) is 11.8 Å². The van der Waals surface area contributed by atoms with E-state index in [4.69, 9.17) is 4.98 Å². The zero-order valence-corrected chi connectivity index (χ0v) is 19.3. The number of carbonyl (C=O) groups is 1. The summed E-state index contributed by atoms with van der Waals surface area (Å²) in [5.41, 5.74) is 5.84. The molecule has 4 nitrogen and oxygen atoms in total. The third kappa shape index (κ3) is 4.94. The number of amides is 1. The molecule has 0 fully saturated rings. The molecule has 0 atom stereocenters. The topological polar surface area (TPSA) is 57.8 Å². The number of hydrogen-bond donors (Lipinski definition) is 2. The van der Waals surface area contributed by atoms with Crippen LogP contribution in [0.4, 0.5) is 5.69 Å². The maximum absolute atomic E-state index is 12.5. The number of thioether (sulfide) groups is 1. The van der Waals surface area contributed by atoms with Crippen molar-refractivity contribution in [2.45, 2.75) is 12.1 Å². The summed E-state index contributed by atoms with van der Waals surface area (Å²) in [4.78, 5) is 20.7. The summed E-state index contributed by atoms with van der Waals surface area (Å²) >= 11 is 3.67. The molecule has 0 unspecified atom stereocenters. The molecule has 150 valence electrons. The molecule has 0 bridgehead atoms. The number of halogens is 1. The molecule has 4 rings (SSSR count). The summed E-state index contributed by atoms with van der Waals surface area (Å²) in [6.45, 7) is 2.00. The van der Waals surface area contributed by atoms with Gasteiger partial charge in [-0.1, -0.05) is 72.4 Å². The predicted molar refractivity (Wildman–Crippen MR) is 133 cm³/mol. The number of aryl methyl sites for hydroxylation is 1. The molecule has 30 heavy (non-hydrogen) atoms. The standard InChI is InChI=1S/C24H20IN3OS/c1-16-14-19(25)12-13-20(16)26-21(29)15-30-24-27-22(17-8-4-2-5-9-17)23(28-24)18-10-6-3-7-11-18/h2-14H,15H2,1H3,(H,26,29)(H,27,28). The van der Waals surface area contributed by atoms with Crippen molar-refractivity contribution in [3.05, 3.63) is 88.0 Å². The minimum absolute atomic E-state index is 0.0526. The monoisotopic (exact) mass is 525 g/mol. The van der Waals surface area contributed by atoms with Gasteiger partial charge in [-0.2, -0.15) is 0 Å². The van der Waals surface area contributed by atoms with E-state index in [0.29, 0.717) is 0 Å². The van der Waals surface area contributed by atoms with Crippen LogP contribution in [0.1, 0.15) is 5.56 Å². The van der Waals surface area contributed by atoms with Gasteiger partial charge in [-0.3, -0.25) is 4.79 Å². The number of aromatic amines is 1. The van der Waals surface area contributed by atoms with Crippen molar-refractivity contribution in [3.63, 3.8) is 0 Å². The lowest BCUT2D eigenvalue weighted by Gasteiger charge is -2.08. The highest BCUT2D eigenvalue weighted by molar-refractivity contribution is 14.1. The van der Waals surface area contributed by atoms with E-state index in [1.807, 2.05) is 73.7 Å². The minimum atomic E-state index is -0.0526. The van der Waals surface area contributed by atoms with Gasteiger partial charge in [0, 0.05) is 20.4 Å². The molecule has 2 N–H and O–H groups in total. The Labute approximate surface area is 193 Å². The number of hydrogen-bond acceptors (Lipinski definition) is 3. The number of aromatic nitrogens is 2. The maximum Gasteiger partial charge on any atom is 0.234 e. The number of carbonyl (C=O) groups excluding carboxylic acids is 1. The van der Waals surface area contributed by atoms with Crippen molar-refractivity contribution >= 4 is 45.9 Å². The summed E-state index contributed by atoms with van der Waals surface area (Å²) in [6.07, 6.45) is 0. The van der Waals surface area contributed by atoms with Crippen LogP contribution in [-0.2, 0) is 4.79 Å². The maximum atomic E-state index is 12.5. The fraction of sp³-hybridized carbons (Fsp3) is 0.0833. The Morgan fingerprint density at radius 1 is 1.00 bits per heavy atom. The zero-order valence-electron chi connectivity index (χ0n) is 16.4. The van der Waals surface area contributed by atoms with Crippen LogP contribution >= 0.6 is 34.4 Å². The number of anilines is 1. The Bertz CT molecular complexity index is 1100. The van der Waals surface area contributed by atoms with Gasteiger partial charge in [0.1, 0.15) is 0 Å². The number of nitrogens with zero attached hydrogens (tertiary/aromatic N) is 1. The molecule has 0 spiro atoms. The summed E-state index contributed by atoms with van der Waals surface area (Å²) in [5.74, 6) is 0.227. The van der Waals surface area contributed by atoms with Gasteiger partial charge in [-0.25, -0.2) is 4.98 Å². The Balaban J connectivity index is 1.53. The van der Waals surface area contributed by atoms with Crippen molar-refractivity contribution < 1.29 is 4.79 Å². The van der Waals surface area contributed by atoms with Gasteiger partial charge in [-0.15, -0.1) is 0 Å². The van der Waals surface area contributed by atoms with Crippen molar-refractivity contribution in [2.24, 2.45) is 0 Å². The summed E-state index contributed by atoms with van der Waals surface area (Å²) in [5, 5.41) is 3.71. The van der Waals surface area contributed by atoms with E-state index in [-0.39, 0.29) is 11.7 Å². The quantitative estimate of drug-likeness (QED) is 0.227. The van der Waals surface area contributed by atoms with Crippen LogP contribution in [0.3, 0.4) is 0 Å². The van der Waals surface area contributed by atoms with Crippen LogP contribution in [-0.4, -0.2) is 21.6 Å². The smallest absolute Gasteiger partial charge is 0.234 e. The number of H-pyrrole nitrogens is 1. The Hall–Kier alpha value is -2.58. The number of rotatable bonds is 6. The largest absolute Gasteiger partial charge is 0.332 e. The molecule has 0 aliphatic heterocycles. The predicted octanol–water partition coefficient (Wildman–Crippen LogP) is 6.39. The van der Waals surface area contributed by atoms with Gasteiger partial charge < -0.3 is 10.3 Å². The van der Waals surface area contributed by atoms with Crippen LogP contribution in [0.25, 0.3) is 22.5 Å². The Kier molecular flexibility index (Phi) is 6.54. The second-order valence-corrected chi connectivity index (χ2v) is 9.00. The first-order valence-electron chi connectivity index (χ1n) is 9.50. The van der Waals surface area contributed by atoms with Crippen LogP contribution in [0.2, 0.25) is 0 Å². The molecule has 1 heterocycles. The number of nitrogens with one attached hydrogen (secondary N) is 2. The average Bonchev–Trinajstić information content (AvgIpc) is 3.20. The first kappa shape index (κ1) is 20.7. The minimum Gasteiger partial charge on any atom is -0.332 e. The van der Waals surface area contributed by atoms with E-state index < -0.39 is 0 Å². The molecule has 4 aromatic rings. The van der Waals surface area contributed by atoms with Gasteiger partial charge in [-0.05, 0) is 53.3 Å². The van der Waals surface area contributed by atoms with E-state index in [9.17, 15) is 4.79 Å². The molecule has 0 saturated heterocycles. The van der Waals surface area contributed by atoms with Crippen molar-refractivity contribution in [1.29, 1.82) is 0 Å². The fourth-order valence-corrected chi connectivity index (χ4v) is 4.44. The first-order chi connectivity index (χ1) is 14.6. The van der Waals surface area contributed by atoms with Crippen LogP contribution < -0.4 is 5.32 Å². The van der Waals surface area contributed by atoms with Gasteiger partial charge >= 0.3 is 0 Å². The summed E-state index contributed by atoms with van der Waals surface area (Å²) in [6, 6.07) is 26.2. The zero-order chi connectivity index (χ0) is 20.9. The second kappa shape index (κ2) is 9.49. The van der Waals surface area contributed by atoms with Crippen LogP contribution in [0.5, 0.6) is 0 Å². The molecular weight excluding hydrogens is 505 g/mol. The second-order valence-electron chi connectivity index (χ2n) is 6.79. The van der Waals surface area contributed by atoms with Crippen LogP contribution in [0, 0.1) is 10.5 Å². The van der Waals surface area contributed by atoms with Gasteiger partial charge in [0.05, 0.1) is 17.1 Å². The summed E-state index contributed by atoms with van der Waals surface area (Å²) in [7, 11) is 0. The molecular formula is C24H20IN3OS. The van der Waals surface area contributed by atoms with E-state index in [0.717, 1.165) is 42.5 Å². The third-order valence-corrected chi connectivity index (χ3v) is 6.14. The Morgan fingerprint density at radius 2 is 1.67 bits per heavy atom. The molecule has 1 aromatic heterocycles. The first-order valence-corrected chi connectivity index (χ1v) is 11.6. The number of benzene rings is 3. The lowest BCUT2D eigenvalue weighted by atomic mass is 10.1. The highest BCUT2D eigenvalue weighted by atomic mass is 127. The van der Waals surface area contributed by atoms with Crippen molar-refractivity contribution in [3.8, 4) is 22.5 Å². The van der Waals surface area contributed by atoms with Crippen LogP contribution in [0.15, 0.2) is 84.0 Å². The summed E-state index contributed by atoms with van der Waals surface area (Å²) < 4.78 is 1.15. The van der Waals surface area contributed by atoms with Gasteiger partial charge in [0.2, 0.25) is 5.91 Å². The molecule has 1 amide bonds. The van der Waals surface area contributed by atoms with E-state index in [2.05, 4.69) is 45.0 Å². The molecule has 0 radical (unpaired) electrons. The molecule has 6 heteroatoms. The highest BCUT2D eigenvalue weighted by Gasteiger charge is 2.15. The SMILES string of the molecule is Cc1cc(I)ccc1NC(=O)CSc1nc(-c2ccccc2)c(-c2ccccc2)[nH]1. The number of imidazole rings is 1. The molecule has 0 saturated carbocycles. The van der Waals surface area contributed by atoms with Gasteiger partial charge in [0.15, 0.2) is 5.16 Å². The average molecular weight is 525 g/mol. The lowest BCUT2D eigenvalue weighted by molar-refractivity contribution is -0.113. The van der Waals surface area contributed by atoms with Crippen molar-refractivity contribution in [1.82, 2.24) is 9.97 Å². The van der Waals surface area contributed by atoms with E-state index >= 15 is 0 Å². The highest BCUT2D eigenvalue weighted by Crippen LogP contribution is 2.32. The lowest BCUT2D eigenvalue weighted by Crippen LogP contribution is -2.15. The third-order valence-electron chi connectivity index (χ3n) is 4.59. The molecule has 3 aromatic carbocycles. The molecule has 0 aliphatic carbocycles. The fourth-order valence-electron chi connectivity index (χ4n) is 3.13. The van der Waals surface area contributed by atoms with Gasteiger partial charge in [0.25, 0.3) is 0 Å². The van der Waals surface area contributed by atoms with Crippen molar-refractivity contribution in [2.75, 3.05) is 11.1 Å².